The Morgan fingerprint density at radius 2 is 2.04 bits per heavy atom. The molecule has 4 bridgehead atoms. The van der Waals surface area contributed by atoms with Gasteiger partial charge in [-0.15, -0.1) is 0 Å². The summed E-state index contributed by atoms with van der Waals surface area (Å²) in [5, 5.41) is 10.5. The normalized spacial score (nSPS) is 41.2. The van der Waals surface area contributed by atoms with E-state index in [0.29, 0.717) is 6.42 Å². The van der Waals surface area contributed by atoms with E-state index < -0.39 is 29.9 Å². The van der Waals surface area contributed by atoms with Gasteiger partial charge in [-0.1, -0.05) is 18.2 Å². The number of carbonyl (C=O) groups is 3. The second-order valence-electron chi connectivity index (χ2n) is 7.68. The number of fused-ring (bicyclic) bond motifs is 4. The van der Waals surface area contributed by atoms with Crippen molar-refractivity contribution in [2.24, 2.45) is 5.92 Å². The Morgan fingerprint density at radius 3 is 2.72 bits per heavy atom. The van der Waals surface area contributed by atoms with Gasteiger partial charge in [0, 0.05) is 25.7 Å². The maximum absolute atomic E-state index is 12.4. The van der Waals surface area contributed by atoms with Crippen LogP contribution >= 0.6 is 0 Å². The number of carbonyl (C=O) groups excluding carboxylic acids is 3. The maximum Gasteiger partial charge on any atom is 0.336 e. The largest absolute Gasteiger partial charge is 0.456 e. The monoisotopic (exact) mass is 348 g/mol. The predicted octanol–water partition coefficient (Wildman–Crippen LogP) is 1.65. The van der Waals surface area contributed by atoms with E-state index in [2.05, 4.69) is 6.58 Å². The molecule has 1 N–H and O–H groups in total. The summed E-state index contributed by atoms with van der Waals surface area (Å²) in [6.45, 7) is 7.50. The Hall–Kier alpha value is -1.79. The highest BCUT2D eigenvalue weighted by molar-refractivity contribution is 5.93. The van der Waals surface area contributed by atoms with Gasteiger partial charge in [0.05, 0.1) is 11.2 Å². The minimum absolute atomic E-state index is 0.0541. The molecular weight excluding hydrogens is 324 g/mol. The van der Waals surface area contributed by atoms with Crippen molar-refractivity contribution in [3.8, 4) is 0 Å². The summed E-state index contributed by atoms with van der Waals surface area (Å²) < 4.78 is 11.2. The van der Waals surface area contributed by atoms with Gasteiger partial charge in [-0.3, -0.25) is 9.59 Å². The van der Waals surface area contributed by atoms with Crippen LogP contribution in [0.25, 0.3) is 0 Å². The molecule has 6 heteroatoms. The van der Waals surface area contributed by atoms with E-state index in [4.69, 9.17) is 9.47 Å². The molecule has 136 valence electrons. The van der Waals surface area contributed by atoms with Crippen LogP contribution in [0, 0.1) is 5.92 Å². The van der Waals surface area contributed by atoms with Crippen LogP contribution < -0.4 is 0 Å². The van der Waals surface area contributed by atoms with Crippen LogP contribution in [0.3, 0.4) is 0 Å². The second-order valence-corrected chi connectivity index (χ2v) is 7.68. The van der Waals surface area contributed by atoms with Crippen LogP contribution in [0.2, 0.25) is 0 Å². The molecule has 0 aliphatic carbocycles. The zero-order valence-electron chi connectivity index (χ0n) is 14.6. The van der Waals surface area contributed by atoms with Gasteiger partial charge in [-0.25, -0.2) is 4.79 Å². The van der Waals surface area contributed by atoms with Crippen LogP contribution in [0.1, 0.15) is 46.0 Å². The number of aliphatic hydroxyl groups excluding tert-OH is 1. The first kappa shape index (κ1) is 18.0. The molecule has 0 aromatic carbocycles. The van der Waals surface area contributed by atoms with Gasteiger partial charge in [0.15, 0.2) is 5.78 Å². The molecule has 0 amide bonds. The summed E-state index contributed by atoms with van der Waals surface area (Å²) in [5.74, 6) is -0.871. The number of ketones is 2. The van der Waals surface area contributed by atoms with Crippen LogP contribution in [0.4, 0.5) is 0 Å². The maximum atomic E-state index is 12.4. The van der Waals surface area contributed by atoms with Crippen LogP contribution in [-0.2, 0) is 23.9 Å². The highest BCUT2D eigenvalue weighted by atomic mass is 16.6. The van der Waals surface area contributed by atoms with Gasteiger partial charge < -0.3 is 14.6 Å². The van der Waals surface area contributed by atoms with Crippen molar-refractivity contribution in [2.45, 2.75) is 69.9 Å². The quantitative estimate of drug-likeness (QED) is 0.572. The molecule has 5 atom stereocenters. The van der Waals surface area contributed by atoms with Crippen molar-refractivity contribution in [3.63, 3.8) is 0 Å². The zero-order chi connectivity index (χ0) is 18.4. The first-order valence-corrected chi connectivity index (χ1v) is 8.65. The highest BCUT2D eigenvalue weighted by Crippen LogP contribution is 2.38. The lowest BCUT2D eigenvalue weighted by Crippen LogP contribution is -2.35. The Balaban J connectivity index is 1.94. The summed E-state index contributed by atoms with van der Waals surface area (Å²) >= 11 is 0. The fourth-order valence-corrected chi connectivity index (χ4v) is 3.88. The summed E-state index contributed by atoms with van der Waals surface area (Å²) in [4.78, 5) is 36.8. The number of aliphatic hydroxyl groups is 1. The molecule has 0 radical (unpaired) electrons. The van der Waals surface area contributed by atoms with E-state index in [9.17, 15) is 19.5 Å². The van der Waals surface area contributed by atoms with E-state index in [-0.39, 0.29) is 48.7 Å². The predicted molar refractivity (Wildman–Crippen MR) is 88.7 cm³/mol. The number of hydrogen-bond donors (Lipinski definition) is 1. The van der Waals surface area contributed by atoms with E-state index in [0.717, 1.165) is 5.57 Å². The first-order chi connectivity index (χ1) is 11.7. The zero-order valence-corrected chi connectivity index (χ0v) is 14.6. The third-order valence-electron chi connectivity index (χ3n) is 5.34. The number of esters is 1. The van der Waals surface area contributed by atoms with Crippen LogP contribution in [-0.4, -0.2) is 46.6 Å². The second kappa shape index (κ2) is 6.50. The van der Waals surface area contributed by atoms with Crippen molar-refractivity contribution in [2.75, 3.05) is 0 Å². The SMILES string of the molecule is C=C(C)C1C/C=C2\C(=O)O[C@H](C[C@]3(C)CC(=O)[C@@H](CC(=O)C1)O3)C2O. The molecule has 2 unspecified atom stereocenters. The molecular formula is C19H24O6. The third kappa shape index (κ3) is 3.60. The van der Waals surface area contributed by atoms with Crippen molar-refractivity contribution >= 4 is 17.5 Å². The minimum atomic E-state index is -1.05. The molecule has 3 aliphatic rings. The molecule has 2 saturated heterocycles. The number of Topliss-reactive ketones (excluding diaryl/α,β-unsaturated/α-hetero) is 2. The minimum Gasteiger partial charge on any atom is -0.456 e. The number of hydrogen-bond acceptors (Lipinski definition) is 6. The standard InChI is InChI=1S/C19H24O6/c1-10(2)11-4-5-13-17(22)16(24-18(13)23)9-19(3)8-14(21)15(25-19)7-12(20)6-11/h5,11,15-17,22H,1,4,6-9H2,2-3H3/b13-5-/t11?,15-,16-,17?,19+/m1/s1. The molecule has 2 fully saturated rings. The van der Waals surface area contributed by atoms with Crippen molar-refractivity contribution in [1.82, 2.24) is 0 Å². The molecule has 25 heavy (non-hydrogen) atoms. The van der Waals surface area contributed by atoms with Gasteiger partial charge in [0.1, 0.15) is 24.1 Å². The molecule has 3 heterocycles. The molecule has 3 aliphatic heterocycles. The van der Waals surface area contributed by atoms with Gasteiger partial charge in [-0.2, -0.15) is 0 Å². The Morgan fingerprint density at radius 1 is 1.32 bits per heavy atom. The molecule has 0 saturated carbocycles. The fourth-order valence-electron chi connectivity index (χ4n) is 3.88. The molecule has 0 spiro atoms. The number of allylic oxidation sites excluding steroid dienone is 2. The molecule has 0 aromatic heterocycles. The average molecular weight is 348 g/mol. The van der Waals surface area contributed by atoms with Crippen molar-refractivity contribution in [1.29, 1.82) is 0 Å². The van der Waals surface area contributed by atoms with Crippen LogP contribution in [0.5, 0.6) is 0 Å². The average Bonchev–Trinajstić information content (AvgIpc) is 2.91. The molecule has 0 aromatic rings. The summed E-state index contributed by atoms with van der Waals surface area (Å²) in [6.07, 6.45) is 0.187. The Kier molecular flexibility index (Phi) is 4.68. The van der Waals surface area contributed by atoms with Crippen LogP contribution in [0.15, 0.2) is 23.8 Å². The molecule has 3 rings (SSSR count). The molecule has 6 nitrogen and oxygen atoms in total. The first-order valence-electron chi connectivity index (χ1n) is 8.65. The lowest BCUT2D eigenvalue weighted by Gasteiger charge is -2.27. The Bertz CT molecular complexity index is 663. The lowest BCUT2D eigenvalue weighted by molar-refractivity contribution is -0.144. The van der Waals surface area contributed by atoms with Crippen molar-refractivity contribution in [3.05, 3.63) is 23.8 Å². The van der Waals surface area contributed by atoms with Gasteiger partial charge in [-0.05, 0) is 26.2 Å². The van der Waals surface area contributed by atoms with E-state index in [1.165, 1.54) is 0 Å². The number of ether oxygens (including phenoxy) is 2. The third-order valence-corrected chi connectivity index (χ3v) is 5.34. The Labute approximate surface area is 146 Å². The highest BCUT2D eigenvalue weighted by Gasteiger charge is 2.49. The fraction of sp³-hybridized carbons (Fsp3) is 0.632. The smallest absolute Gasteiger partial charge is 0.336 e. The summed E-state index contributed by atoms with van der Waals surface area (Å²) in [7, 11) is 0. The topological polar surface area (TPSA) is 89.9 Å². The van der Waals surface area contributed by atoms with Crippen molar-refractivity contribution < 1.29 is 29.0 Å². The van der Waals surface area contributed by atoms with Gasteiger partial charge in [0.2, 0.25) is 0 Å². The summed E-state index contributed by atoms with van der Waals surface area (Å²) in [6, 6.07) is 0. The van der Waals surface area contributed by atoms with Gasteiger partial charge in [0.25, 0.3) is 0 Å². The number of rotatable bonds is 1. The van der Waals surface area contributed by atoms with E-state index >= 15 is 0 Å². The lowest BCUT2D eigenvalue weighted by atomic mass is 9.87. The van der Waals surface area contributed by atoms with E-state index in [1.807, 2.05) is 6.92 Å². The summed E-state index contributed by atoms with van der Waals surface area (Å²) in [5.41, 5.74) is 0.194. The van der Waals surface area contributed by atoms with Gasteiger partial charge >= 0.3 is 5.97 Å². The van der Waals surface area contributed by atoms with E-state index in [1.54, 1.807) is 13.0 Å².